The number of rotatable bonds is 2. The Hall–Kier alpha value is -1.68. The number of amides is 1. The Morgan fingerprint density at radius 2 is 2.00 bits per heavy atom. The van der Waals surface area contributed by atoms with Gasteiger partial charge in [0.25, 0.3) is 5.91 Å². The van der Waals surface area contributed by atoms with Crippen LogP contribution in [0.4, 0.5) is 5.69 Å². The number of anilines is 1. The van der Waals surface area contributed by atoms with Gasteiger partial charge < -0.3 is 5.32 Å². The van der Waals surface area contributed by atoms with Gasteiger partial charge in [-0.2, -0.15) is 0 Å². The molecule has 2 rings (SSSR count). The van der Waals surface area contributed by atoms with E-state index in [0.29, 0.717) is 5.69 Å². The van der Waals surface area contributed by atoms with Crippen LogP contribution < -0.4 is 5.32 Å². The van der Waals surface area contributed by atoms with Crippen molar-refractivity contribution in [2.24, 2.45) is 0 Å². The lowest BCUT2D eigenvalue weighted by Crippen LogP contribution is -2.14. The number of hydrogen-bond donors (Lipinski definition) is 1. The Morgan fingerprint density at radius 3 is 2.65 bits per heavy atom. The maximum atomic E-state index is 11.9. The van der Waals surface area contributed by atoms with Crippen molar-refractivity contribution in [3.8, 4) is 0 Å². The van der Waals surface area contributed by atoms with Crippen molar-refractivity contribution in [3.05, 3.63) is 58.3 Å². The van der Waals surface area contributed by atoms with E-state index in [1.54, 1.807) is 18.3 Å². The Labute approximate surface area is 108 Å². The van der Waals surface area contributed by atoms with Crippen molar-refractivity contribution in [1.29, 1.82) is 0 Å². The maximum absolute atomic E-state index is 11.9. The molecule has 1 amide bonds. The smallest absolute Gasteiger partial charge is 0.274 e. The van der Waals surface area contributed by atoms with Crippen LogP contribution in [-0.2, 0) is 0 Å². The number of pyridine rings is 1. The number of carbonyl (C=O) groups excluding carboxylic acids is 1. The predicted octanol–water partition coefficient (Wildman–Crippen LogP) is 3.40. The first-order valence-corrected chi connectivity index (χ1v) is 5.94. The minimum atomic E-state index is -0.202. The van der Waals surface area contributed by atoms with E-state index in [2.05, 4.69) is 26.2 Å². The molecule has 0 radical (unpaired) electrons. The highest BCUT2D eigenvalue weighted by Gasteiger charge is 2.08. The van der Waals surface area contributed by atoms with Crippen LogP contribution in [-0.4, -0.2) is 10.9 Å². The van der Waals surface area contributed by atoms with Gasteiger partial charge in [0.15, 0.2) is 0 Å². The quantitative estimate of drug-likeness (QED) is 0.921. The highest BCUT2D eigenvalue weighted by Crippen LogP contribution is 2.14. The molecule has 0 atom stereocenters. The van der Waals surface area contributed by atoms with Crippen LogP contribution in [0.1, 0.15) is 16.1 Å². The summed E-state index contributed by atoms with van der Waals surface area (Å²) >= 11 is 3.28. The summed E-state index contributed by atoms with van der Waals surface area (Å²) in [5.41, 5.74) is 2.23. The number of aromatic nitrogens is 1. The summed E-state index contributed by atoms with van der Waals surface area (Å²) in [4.78, 5) is 15.9. The molecule has 0 aliphatic carbocycles. The Bertz CT molecular complexity index is 537. The molecule has 4 heteroatoms. The predicted molar refractivity (Wildman–Crippen MR) is 71.1 cm³/mol. The van der Waals surface area contributed by atoms with Crippen LogP contribution in [0.5, 0.6) is 0 Å². The van der Waals surface area contributed by atoms with Gasteiger partial charge in [-0.05, 0) is 46.6 Å². The fourth-order valence-corrected chi connectivity index (χ4v) is 1.64. The standard InChI is InChI=1S/C13H11BrN2O/c1-9-4-2-3-5-11(9)16-13(17)12-7-6-10(14)8-15-12/h2-8H,1H3,(H,16,17). The lowest BCUT2D eigenvalue weighted by molar-refractivity contribution is 0.102. The van der Waals surface area contributed by atoms with Crippen LogP contribution >= 0.6 is 15.9 Å². The SMILES string of the molecule is Cc1ccccc1NC(=O)c1ccc(Br)cn1. The second-order valence-corrected chi connectivity index (χ2v) is 4.55. The minimum Gasteiger partial charge on any atom is -0.320 e. The van der Waals surface area contributed by atoms with Crippen LogP contribution in [0.15, 0.2) is 47.1 Å². The van der Waals surface area contributed by atoms with E-state index in [-0.39, 0.29) is 5.91 Å². The third kappa shape index (κ3) is 2.91. The molecular weight excluding hydrogens is 280 g/mol. The van der Waals surface area contributed by atoms with Crippen molar-refractivity contribution in [1.82, 2.24) is 4.98 Å². The van der Waals surface area contributed by atoms with Crippen LogP contribution in [0.25, 0.3) is 0 Å². The monoisotopic (exact) mass is 290 g/mol. The van der Waals surface area contributed by atoms with E-state index < -0.39 is 0 Å². The number of nitrogens with zero attached hydrogens (tertiary/aromatic N) is 1. The molecule has 2 aromatic rings. The fraction of sp³-hybridized carbons (Fsp3) is 0.0769. The normalized spacial score (nSPS) is 10.0. The summed E-state index contributed by atoms with van der Waals surface area (Å²) in [7, 11) is 0. The number of carbonyl (C=O) groups is 1. The van der Waals surface area contributed by atoms with Gasteiger partial charge in [-0.15, -0.1) is 0 Å². The van der Waals surface area contributed by atoms with Gasteiger partial charge in [0, 0.05) is 16.4 Å². The molecule has 1 N–H and O–H groups in total. The van der Waals surface area contributed by atoms with Crippen molar-refractivity contribution >= 4 is 27.5 Å². The molecule has 0 saturated heterocycles. The van der Waals surface area contributed by atoms with Gasteiger partial charge in [0.05, 0.1) is 0 Å². The average Bonchev–Trinajstić information content (AvgIpc) is 2.33. The number of benzene rings is 1. The zero-order chi connectivity index (χ0) is 12.3. The average molecular weight is 291 g/mol. The fourth-order valence-electron chi connectivity index (χ4n) is 1.41. The van der Waals surface area contributed by atoms with Crippen molar-refractivity contribution in [2.75, 3.05) is 5.32 Å². The maximum Gasteiger partial charge on any atom is 0.274 e. The Morgan fingerprint density at radius 1 is 1.24 bits per heavy atom. The molecule has 0 aliphatic heterocycles. The zero-order valence-corrected chi connectivity index (χ0v) is 10.9. The molecule has 1 aromatic carbocycles. The number of hydrogen-bond acceptors (Lipinski definition) is 2. The first kappa shape index (κ1) is 11.8. The number of nitrogens with one attached hydrogen (secondary N) is 1. The lowest BCUT2D eigenvalue weighted by Gasteiger charge is -2.07. The first-order chi connectivity index (χ1) is 8.16. The molecule has 0 aliphatic rings. The summed E-state index contributed by atoms with van der Waals surface area (Å²) in [5.74, 6) is -0.202. The Kier molecular flexibility index (Phi) is 3.54. The molecular formula is C13H11BrN2O. The molecule has 0 fully saturated rings. The van der Waals surface area contributed by atoms with Gasteiger partial charge in [-0.3, -0.25) is 4.79 Å². The van der Waals surface area contributed by atoms with E-state index in [1.165, 1.54) is 0 Å². The second kappa shape index (κ2) is 5.10. The van der Waals surface area contributed by atoms with Gasteiger partial charge in [0.2, 0.25) is 0 Å². The third-order valence-electron chi connectivity index (χ3n) is 2.35. The van der Waals surface area contributed by atoms with Gasteiger partial charge in [-0.25, -0.2) is 4.98 Å². The van der Waals surface area contributed by atoms with E-state index >= 15 is 0 Å². The number of para-hydroxylation sites is 1. The topological polar surface area (TPSA) is 42.0 Å². The summed E-state index contributed by atoms with van der Waals surface area (Å²) in [6.45, 7) is 1.95. The number of halogens is 1. The molecule has 0 unspecified atom stereocenters. The second-order valence-electron chi connectivity index (χ2n) is 3.63. The zero-order valence-electron chi connectivity index (χ0n) is 9.27. The summed E-state index contributed by atoms with van der Waals surface area (Å²) < 4.78 is 0.852. The summed E-state index contributed by atoms with van der Waals surface area (Å²) in [6, 6.07) is 11.1. The summed E-state index contributed by atoms with van der Waals surface area (Å²) in [6.07, 6.45) is 1.60. The first-order valence-electron chi connectivity index (χ1n) is 5.15. The van der Waals surface area contributed by atoms with Crippen molar-refractivity contribution in [3.63, 3.8) is 0 Å². The summed E-state index contributed by atoms with van der Waals surface area (Å²) in [5, 5.41) is 2.83. The van der Waals surface area contributed by atoms with Crippen molar-refractivity contribution < 1.29 is 4.79 Å². The Balaban J connectivity index is 2.17. The molecule has 86 valence electrons. The van der Waals surface area contributed by atoms with E-state index in [1.807, 2.05) is 31.2 Å². The van der Waals surface area contributed by atoms with Crippen LogP contribution in [0.2, 0.25) is 0 Å². The highest BCUT2D eigenvalue weighted by molar-refractivity contribution is 9.10. The van der Waals surface area contributed by atoms with E-state index in [4.69, 9.17) is 0 Å². The van der Waals surface area contributed by atoms with E-state index in [9.17, 15) is 4.79 Å². The largest absolute Gasteiger partial charge is 0.320 e. The van der Waals surface area contributed by atoms with Crippen LogP contribution in [0, 0.1) is 6.92 Å². The minimum absolute atomic E-state index is 0.202. The van der Waals surface area contributed by atoms with Crippen LogP contribution in [0.3, 0.4) is 0 Å². The molecule has 0 saturated carbocycles. The molecule has 1 heterocycles. The highest BCUT2D eigenvalue weighted by atomic mass is 79.9. The molecule has 17 heavy (non-hydrogen) atoms. The molecule has 0 spiro atoms. The number of aryl methyl sites for hydroxylation is 1. The van der Waals surface area contributed by atoms with Gasteiger partial charge in [-0.1, -0.05) is 18.2 Å². The van der Waals surface area contributed by atoms with Gasteiger partial charge >= 0.3 is 0 Å². The van der Waals surface area contributed by atoms with Gasteiger partial charge in [0.1, 0.15) is 5.69 Å². The van der Waals surface area contributed by atoms with Crippen molar-refractivity contribution in [2.45, 2.75) is 6.92 Å². The molecule has 3 nitrogen and oxygen atoms in total. The molecule has 0 bridgehead atoms. The lowest BCUT2D eigenvalue weighted by atomic mass is 10.2. The van der Waals surface area contributed by atoms with E-state index in [0.717, 1.165) is 15.7 Å². The molecule has 1 aromatic heterocycles. The third-order valence-corrected chi connectivity index (χ3v) is 2.82.